The van der Waals surface area contributed by atoms with Gasteiger partial charge in [-0.15, -0.1) is 0 Å². The van der Waals surface area contributed by atoms with Crippen LogP contribution in [0.1, 0.15) is 40.6 Å². The molecule has 0 fully saturated rings. The maximum absolute atomic E-state index is 12.3. The van der Waals surface area contributed by atoms with Gasteiger partial charge in [0.05, 0.1) is 5.56 Å². The summed E-state index contributed by atoms with van der Waals surface area (Å²) in [5.74, 6) is 0.164. The highest BCUT2D eigenvalue weighted by atomic mass is 16.4. The molecule has 2 aromatic rings. The highest BCUT2D eigenvalue weighted by Gasteiger charge is 2.17. The molecule has 1 atom stereocenters. The van der Waals surface area contributed by atoms with Gasteiger partial charge in [0.1, 0.15) is 5.76 Å². The second-order valence-electron chi connectivity index (χ2n) is 5.58. The van der Waals surface area contributed by atoms with Crippen molar-refractivity contribution in [1.29, 1.82) is 0 Å². The highest BCUT2D eigenvalue weighted by Crippen LogP contribution is 2.12. The smallest absolute Gasteiger partial charge is 0.336 e. The zero-order valence-corrected chi connectivity index (χ0v) is 13.2. The first kappa shape index (κ1) is 16.0. The van der Waals surface area contributed by atoms with E-state index in [9.17, 15) is 9.59 Å². The van der Waals surface area contributed by atoms with E-state index < -0.39 is 5.63 Å². The number of aryl methyl sites for hydroxylation is 3. The van der Waals surface area contributed by atoms with Crippen molar-refractivity contribution < 1.29 is 9.21 Å². The molecule has 116 valence electrons. The summed E-state index contributed by atoms with van der Waals surface area (Å²) in [7, 11) is 0. The minimum absolute atomic E-state index is 0.0402. The van der Waals surface area contributed by atoms with E-state index in [-0.39, 0.29) is 11.9 Å². The summed E-state index contributed by atoms with van der Waals surface area (Å²) in [6, 6.07) is 11.6. The van der Waals surface area contributed by atoms with E-state index in [0.29, 0.717) is 16.9 Å². The Kier molecular flexibility index (Phi) is 5.15. The van der Waals surface area contributed by atoms with Gasteiger partial charge in [0.2, 0.25) is 0 Å². The molecule has 0 aliphatic rings. The average molecular weight is 299 g/mol. The molecule has 0 aliphatic heterocycles. The average Bonchev–Trinajstić information content (AvgIpc) is 2.45. The van der Waals surface area contributed by atoms with Crippen LogP contribution < -0.4 is 10.9 Å². The third-order valence-corrected chi connectivity index (χ3v) is 3.65. The largest absolute Gasteiger partial charge is 0.427 e. The molecule has 0 saturated heterocycles. The fraction of sp³-hybridized carbons (Fsp3) is 0.333. The van der Waals surface area contributed by atoms with Crippen LogP contribution >= 0.6 is 0 Å². The van der Waals surface area contributed by atoms with Crippen LogP contribution in [0.25, 0.3) is 0 Å². The van der Waals surface area contributed by atoms with Gasteiger partial charge in [0, 0.05) is 12.1 Å². The van der Waals surface area contributed by atoms with Crippen molar-refractivity contribution in [3.8, 4) is 0 Å². The topological polar surface area (TPSA) is 59.3 Å². The Morgan fingerprint density at radius 1 is 1.23 bits per heavy atom. The van der Waals surface area contributed by atoms with Gasteiger partial charge in [-0.2, -0.15) is 0 Å². The Balaban J connectivity index is 1.98. The summed E-state index contributed by atoms with van der Waals surface area (Å²) >= 11 is 0. The second kappa shape index (κ2) is 7.07. The van der Waals surface area contributed by atoms with Crippen LogP contribution in [0.3, 0.4) is 0 Å². The van der Waals surface area contributed by atoms with Gasteiger partial charge in [-0.25, -0.2) is 4.79 Å². The summed E-state index contributed by atoms with van der Waals surface area (Å²) in [6.07, 6.45) is 1.76. The second-order valence-corrected chi connectivity index (χ2v) is 5.58. The Hall–Kier alpha value is -2.36. The Labute approximate surface area is 130 Å². The van der Waals surface area contributed by atoms with Crippen LogP contribution in [-0.4, -0.2) is 11.9 Å². The molecule has 4 heteroatoms. The van der Waals surface area contributed by atoms with Crippen LogP contribution in [0.4, 0.5) is 0 Å². The minimum Gasteiger partial charge on any atom is -0.427 e. The van der Waals surface area contributed by atoms with Crippen LogP contribution in [0.5, 0.6) is 0 Å². The lowest BCUT2D eigenvalue weighted by Crippen LogP contribution is -2.34. The number of benzene rings is 1. The summed E-state index contributed by atoms with van der Waals surface area (Å²) in [4.78, 5) is 23.6. The number of hydrogen-bond acceptors (Lipinski definition) is 3. The van der Waals surface area contributed by atoms with Crippen LogP contribution in [0.2, 0.25) is 0 Å². The lowest BCUT2D eigenvalue weighted by atomic mass is 10.0. The summed E-state index contributed by atoms with van der Waals surface area (Å²) in [5, 5.41) is 2.97. The molecule has 1 heterocycles. The molecule has 1 unspecified atom stereocenters. The Bertz CT molecular complexity index is 678. The van der Waals surface area contributed by atoms with Crippen molar-refractivity contribution in [3.63, 3.8) is 0 Å². The van der Waals surface area contributed by atoms with Crippen molar-refractivity contribution in [3.05, 3.63) is 69.3 Å². The summed E-state index contributed by atoms with van der Waals surface area (Å²) in [6.45, 7) is 5.36. The zero-order valence-electron chi connectivity index (χ0n) is 13.2. The maximum Gasteiger partial charge on any atom is 0.336 e. The number of rotatable bonds is 5. The molecule has 1 aromatic carbocycles. The van der Waals surface area contributed by atoms with Crippen LogP contribution in [-0.2, 0) is 6.42 Å². The highest BCUT2D eigenvalue weighted by molar-refractivity contribution is 5.96. The quantitative estimate of drug-likeness (QED) is 0.923. The van der Waals surface area contributed by atoms with Crippen molar-refractivity contribution in [2.75, 3.05) is 0 Å². The molecule has 0 spiro atoms. The molecule has 1 N–H and O–H groups in total. The van der Waals surface area contributed by atoms with Crippen molar-refractivity contribution in [2.24, 2.45) is 0 Å². The first-order valence-corrected chi connectivity index (χ1v) is 7.43. The van der Waals surface area contributed by atoms with Crippen molar-refractivity contribution in [1.82, 2.24) is 5.32 Å². The van der Waals surface area contributed by atoms with Crippen LogP contribution in [0.15, 0.2) is 45.6 Å². The SMILES string of the molecule is Cc1cc(=O)oc(C)c1C(=O)NC(C)CCc1ccccc1. The molecule has 0 aliphatic carbocycles. The Morgan fingerprint density at radius 3 is 2.55 bits per heavy atom. The molecule has 2 rings (SSSR count). The molecular weight excluding hydrogens is 278 g/mol. The van der Waals surface area contributed by atoms with Gasteiger partial charge in [-0.1, -0.05) is 30.3 Å². The molecule has 1 aromatic heterocycles. The fourth-order valence-corrected chi connectivity index (χ4v) is 2.49. The van der Waals surface area contributed by atoms with E-state index >= 15 is 0 Å². The van der Waals surface area contributed by atoms with Gasteiger partial charge in [0.25, 0.3) is 5.91 Å². The van der Waals surface area contributed by atoms with Gasteiger partial charge >= 0.3 is 5.63 Å². The lowest BCUT2D eigenvalue weighted by molar-refractivity contribution is 0.0934. The van der Waals surface area contributed by atoms with Gasteiger partial charge in [-0.3, -0.25) is 4.79 Å². The maximum atomic E-state index is 12.3. The zero-order chi connectivity index (χ0) is 16.1. The first-order valence-electron chi connectivity index (χ1n) is 7.43. The standard InChI is InChI=1S/C18H21NO3/c1-12-11-16(20)22-14(3)17(12)18(21)19-13(2)9-10-15-7-5-4-6-8-15/h4-8,11,13H,9-10H2,1-3H3,(H,19,21). The molecular formula is C18H21NO3. The Morgan fingerprint density at radius 2 is 1.91 bits per heavy atom. The molecule has 0 bridgehead atoms. The molecule has 22 heavy (non-hydrogen) atoms. The summed E-state index contributed by atoms with van der Waals surface area (Å²) < 4.78 is 5.00. The molecule has 4 nitrogen and oxygen atoms in total. The number of nitrogens with one attached hydrogen (secondary N) is 1. The van der Waals surface area contributed by atoms with Gasteiger partial charge < -0.3 is 9.73 Å². The first-order chi connectivity index (χ1) is 10.5. The number of hydrogen-bond donors (Lipinski definition) is 1. The summed E-state index contributed by atoms with van der Waals surface area (Å²) in [5.41, 5.74) is 1.91. The normalized spacial score (nSPS) is 12.0. The van der Waals surface area contributed by atoms with Crippen molar-refractivity contribution >= 4 is 5.91 Å². The minimum atomic E-state index is -0.427. The van der Waals surface area contributed by atoms with E-state index in [0.717, 1.165) is 12.8 Å². The van der Waals surface area contributed by atoms with E-state index in [2.05, 4.69) is 17.4 Å². The molecule has 1 amide bonds. The third-order valence-electron chi connectivity index (χ3n) is 3.65. The fourth-order valence-electron chi connectivity index (χ4n) is 2.49. The number of carbonyl (C=O) groups is 1. The van der Waals surface area contributed by atoms with E-state index in [1.807, 2.05) is 25.1 Å². The van der Waals surface area contributed by atoms with E-state index in [1.54, 1.807) is 13.8 Å². The van der Waals surface area contributed by atoms with Crippen LogP contribution in [0, 0.1) is 13.8 Å². The van der Waals surface area contributed by atoms with Gasteiger partial charge in [-0.05, 0) is 44.7 Å². The third kappa shape index (κ3) is 4.07. The molecule has 0 saturated carbocycles. The van der Waals surface area contributed by atoms with Crippen molar-refractivity contribution in [2.45, 2.75) is 39.7 Å². The van der Waals surface area contributed by atoms with E-state index in [1.165, 1.54) is 11.6 Å². The predicted octanol–water partition coefficient (Wildman–Crippen LogP) is 3.01. The molecule has 0 radical (unpaired) electrons. The van der Waals surface area contributed by atoms with Gasteiger partial charge in [0.15, 0.2) is 0 Å². The number of amides is 1. The lowest BCUT2D eigenvalue weighted by Gasteiger charge is -2.15. The monoisotopic (exact) mass is 299 g/mol. The van der Waals surface area contributed by atoms with E-state index in [4.69, 9.17) is 4.42 Å². The predicted molar refractivity (Wildman–Crippen MR) is 86.1 cm³/mol. The number of carbonyl (C=O) groups excluding carboxylic acids is 1.